The minimum atomic E-state index is 0.707. The maximum Gasteiger partial charge on any atom is 0.161 e. The maximum absolute atomic E-state index is 5.18. The van der Waals surface area contributed by atoms with Crippen LogP contribution >= 0.6 is 0 Å². The fraction of sp³-hybridized carbons (Fsp3) is 0. The molecule has 0 saturated carbocycles. The normalized spacial score (nSPS) is 11.7. The van der Waals surface area contributed by atoms with Crippen LogP contribution in [0.1, 0.15) is 0 Å². The zero-order chi connectivity index (χ0) is 39.6. The minimum absolute atomic E-state index is 0.707. The summed E-state index contributed by atoms with van der Waals surface area (Å²) in [5, 5.41) is 7.22. The molecule has 4 nitrogen and oxygen atoms in total. The average Bonchev–Trinajstić information content (AvgIpc) is 3.85. The van der Waals surface area contributed by atoms with Gasteiger partial charge >= 0.3 is 0 Å². The van der Waals surface area contributed by atoms with Gasteiger partial charge in [-0.25, -0.2) is 9.97 Å². The molecule has 0 atom stereocenters. The topological polar surface area (TPSA) is 35.6 Å². The molecule has 9 aromatic carbocycles. The molecule has 0 aliphatic carbocycles. The Balaban J connectivity index is 1.05. The molecule has 0 fully saturated rings. The summed E-state index contributed by atoms with van der Waals surface area (Å²) in [5.41, 5.74) is 14.3. The molecule has 0 spiro atoms. The molecule has 3 aromatic heterocycles. The average molecular weight is 765 g/mol. The summed E-state index contributed by atoms with van der Waals surface area (Å²) in [7, 11) is 0. The molecule has 0 aliphatic heterocycles. The molecule has 0 aliphatic rings. The van der Waals surface area contributed by atoms with Crippen molar-refractivity contribution >= 4 is 54.4 Å². The van der Waals surface area contributed by atoms with Crippen LogP contribution in [-0.2, 0) is 0 Å². The third-order valence-electron chi connectivity index (χ3n) is 11.9. The highest BCUT2D eigenvalue weighted by atomic mass is 15.0. The molecule has 0 radical (unpaired) electrons. The largest absolute Gasteiger partial charge is 0.309 e. The Morgan fingerprint density at radius 1 is 0.300 bits per heavy atom. The van der Waals surface area contributed by atoms with Crippen LogP contribution in [0, 0.1) is 0 Å². The molecule has 12 rings (SSSR count). The minimum Gasteiger partial charge on any atom is -0.309 e. The second-order valence-electron chi connectivity index (χ2n) is 15.4. The van der Waals surface area contributed by atoms with Crippen molar-refractivity contribution in [3.63, 3.8) is 0 Å². The van der Waals surface area contributed by atoms with E-state index in [0.29, 0.717) is 5.82 Å². The van der Waals surface area contributed by atoms with Crippen molar-refractivity contribution in [3.8, 4) is 56.4 Å². The molecule has 0 amide bonds. The van der Waals surface area contributed by atoms with Gasteiger partial charge in [-0.3, -0.25) is 0 Å². The Kier molecular flexibility index (Phi) is 7.82. The van der Waals surface area contributed by atoms with Gasteiger partial charge in [0.1, 0.15) is 0 Å². The van der Waals surface area contributed by atoms with Gasteiger partial charge in [-0.2, -0.15) is 0 Å². The first-order valence-corrected chi connectivity index (χ1v) is 20.4. The summed E-state index contributed by atoms with van der Waals surface area (Å²) in [6.07, 6.45) is 0. The molecule has 0 N–H and O–H groups in total. The van der Waals surface area contributed by atoms with E-state index in [0.717, 1.165) is 50.2 Å². The Bertz CT molecular complexity index is 3530. The van der Waals surface area contributed by atoms with Crippen molar-refractivity contribution in [1.82, 2.24) is 19.1 Å². The lowest BCUT2D eigenvalue weighted by Crippen LogP contribution is -1.97. The van der Waals surface area contributed by atoms with E-state index in [-0.39, 0.29) is 0 Å². The predicted molar refractivity (Wildman–Crippen MR) is 250 cm³/mol. The number of fused-ring (bicyclic) bond motifs is 8. The first-order chi connectivity index (χ1) is 29.8. The van der Waals surface area contributed by atoms with Crippen LogP contribution in [0.25, 0.3) is 111 Å². The molecule has 0 bridgehead atoms. The standard InChI is InChI=1S/C56H36N4/c1-4-16-37(17-5-1)40-22-14-24-42(34-40)59-50-28-12-10-25-46(50)54-52(59)32-33-53-55(54)47-26-11-13-29-51(47)60(53)43-30-31-44-41(35-43)23-15-27-45(44)56-57-48(38-18-6-2-7-19-38)36-49(58-56)39-20-8-3-9-21-39/h1-36H. The first kappa shape index (κ1) is 34.0. The van der Waals surface area contributed by atoms with E-state index >= 15 is 0 Å². The Hall–Kier alpha value is -8.08. The van der Waals surface area contributed by atoms with E-state index in [4.69, 9.17) is 9.97 Å². The van der Waals surface area contributed by atoms with Gasteiger partial charge in [-0.05, 0) is 76.5 Å². The summed E-state index contributed by atoms with van der Waals surface area (Å²) in [6.45, 7) is 0. The van der Waals surface area contributed by atoms with Gasteiger partial charge in [0, 0.05) is 49.6 Å². The van der Waals surface area contributed by atoms with Gasteiger partial charge in [-0.15, -0.1) is 0 Å². The van der Waals surface area contributed by atoms with Gasteiger partial charge < -0.3 is 9.13 Å². The van der Waals surface area contributed by atoms with E-state index in [2.05, 4.69) is 215 Å². The number of hydrogen-bond acceptors (Lipinski definition) is 2. The molecular formula is C56H36N4. The predicted octanol–water partition coefficient (Wildman–Crippen LogP) is 14.5. The number of hydrogen-bond donors (Lipinski definition) is 0. The Morgan fingerprint density at radius 2 is 0.800 bits per heavy atom. The van der Waals surface area contributed by atoms with Gasteiger partial charge in [0.15, 0.2) is 5.82 Å². The summed E-state index contributed by atoms with van der Waals surface area (Å²) >= 11 is 0. The Morgan fingerprint density at radius 3 is 1.40 bits per heavy atom. The van der Waals surface area contributed by atoms with Crippen molar-refractivity contribution in [1.29, 1.82) is 0 Å². The van der Waals surface area contributed by atoms with Crippen molar-refractivity contribution in [2.24, 2.45) is 0 Å². The van der Waals surface area contributed by atoms with Crippen LogP contribution < -0.4 is 0 Å². The SMILES string of the molecule is c1ccc(-c2cccc(-n3c4ccccc4c4c5c6ccccc6n(-c6ccc7c(-c8nc(-c9ccccc9)cc(-c9ccccc9)n8)cccc7c6)c5ccc43)c2)cc1. The van der Waals surface area contributed by atoms with Gasteiger partial charge in [0.05, 0.1) is 33.5 Å². The lowest BCUT2D eigenvalue weighted by Gasteiger charge is -2.13. The number of para-hydroxylation sites is 2. The summed E-state index contributed by atoms with van der Waals surface area (Å²) in [6, 6.07) is 77.9. The molecular weight excluding hydrogens is 729 g/mol. The highest BCUT2D eigenvalue weighted by Gasteiger charge is 2.21. The van der Waals surface area contributed by atoms with Gasteiger partial charge in [-0.1, -0.05) is 164 Å². The van der Waals surface area contributed by atoms with E-state index in [9.17, 15) is 0 Å². The zero-order valence-electron chi connectivity index (χ0n) is 32.6. The smallest absolute Gasteiger partial charge is 0.161 e. The van der Waals surface area contributed by atoms with Crippen LogP contribution in [-0.4, -0.2) is 19.1 Å². The number of benzene rings is 9. The molecule has 12 aromatic rings. The van der Waals surface area contributed by atoms with Crippen LogP contribution in [0.5, 0.6) is 0 Å². The molecule has 0 saturated heterocycles. The maximum atomic E-state index is 5.18. The van der Waals surface area contributed by atoms with Gasteiger partial charge in [0.25, 0.3) is 0 Å². The fourth-order valence-corrected chi connectivity index (χ4v) is 9.22. The fourth-order valence-electron chi connectivity index (χ4n) is 9.22. The summed E-state index contributed by atoms with van der Waals surface area (Å²) in [4.78, 5) is 10.4. The molecule has 60 heavy (non-hydrogen) atoms. The van der Waals surface area contributed by atoms with E-state index in [1.54, 1.807) is 0 Å². The van der Waals surface area contributed by atoms with Crippen molar-refractivity contribution in [3.05, 3.63) is 218 Å². The third-order valence-corrected chi connectivity index (χ3v) is 11.9. The van der Waals surface area contributed by atoms with Crippen LogP contribution in [0.3, 0.4) is 0 Å². The van der Waals surface area contributed by atoms with Crippen molar-refractivity contribution < 1.29 is 0 Å². The Labute approximate surface area is 346 Å². The van der Waals surface area contributed by atoms with E-state index in [1.165, 1.54) is 54.7 Å². The van der Waals surface area contributed by atoms with E-state index < -0.39 is 0 Å². The summed E-state index contributed by atoms with van der Waals surface area (Å²) < 4.78 is 4.86. The second kappa shape index (κ2) is 13.8. The van der Waals surface area contributed by atoms with Crippen LogP contribution in [0.15, 0.2) is 218 Å². The second-order valence-corrected chi connectivity index (χ2v) is 15.4. The van der Waals surface area contributed by atoms with E-state index in [1.807, 2.05) is 12.1 Å². The van der Waals surface area contributed by atoms with Crippen molar-refractivity contribution in [2.45, 2.75) is 0 Å². The molecule has 280 valence electrons. The molecule has 0 unspecified atom stereocenters. The quantitative estimate of drug-likeness (QED) is 0.169. The van der Waals surface area contributed by atoms with Gasteiger partial charge in [0.2, 0.25) is 0 Å². The van der Waals surface area contributed by atoms with Crippen LogP contribution in [0.4, 0.5) is 0 Å². The first-order valence-electron chi connectivity index (χ1n) is 20.4. The highest BCUT2D eigenvalue weighted by Crippen LogP contribution is 2.43. The summed E-state index contributed by atoms with van der Waals surface area (Å²) in [5.74, 6) is 0.707. The molecule has 3 heterocycles. The third kappa shape index (κ3) is 5.46. The lowest BCUT2D eigenvalue weighted by atomic mass is 10.0. The lowest BCUT2D eigenvalue weighted by molar-refractivity contribution is 1.17. The number of aromatic nitrogens is 4. The van der Waals surface area contributed by atoms with Crippen molar-refractivity contribution in [2.75, 3.05) is 0 Å². The zero-order valence-corrected chi connectivity index (χ0v) is 32.6. The number of rotatable bonds is 6. The van der Waals surface area contributed by atoms with Crippen LogP contribution in [0.2, 0.25) is 0 Å². The highest BCUT2D eigenvalue weighted by molar-refractivity contribution is 6.29. The molecule has 4 heteroatoms. The monoisotopic (exact) mass is 764 g/mol. The number of nitrogens with zero attached hydrogens (tertiary/aromatic N) is 4.